The molecule has 0 saturated heterocycles. The van der Waals surface area contributed by atoms with E-state index < -0.39 is 0 Å². The summed E-state index contributed by atoms with van der Waals surface area (Å²) in [7, 11) is 0. The average molecular weight is 313 g/mol. The minimum atomic E-state index is 0.00272. The Labute approximate surface area is 139 Å². The monoisotopic (exact) mass is 312 g/mol. The molecule has 0 N–H and O–H groups in total. The fourth-order valence-electron chi connectivity index (χ4n) is 2.69. The number of carbonyl (C=O) groups is 1. The predicted molar refractivity (Wildman–Crippen MR) is 96.0 cm³/mol. The van der Waals surface area contributed by atoms with Gasteiger partial charge in [0.2, 0.25) is 0 Å². The van der Waals surface area contributed by atoms with Crippen LogP contribution in [0.25, 0.3) is 0 Å². The molecule has 0 aromatic rings. The van der Waals surface area contributed by atoms with Gasteiger partial charge in [0.1, 0.15) is 0 Å². The van der Waals surface area contributed by atoms with Crippen LogP contribution in [0.4, 0.5) is 0 Å². The van der Waals surface area contributed by atoms with Gasteiger partial charge in [-0.05, 0) is 24.7 Å². The van der Waals surface area contributed by atoms with Crippen molar-refractivity contribution < 1.29 is 9.53 Å². The number of ether oxygens (including phenoxy) is 1. The number of carbonyl (C=O) groups excluding carboxylic acids is 1. The van der Waals surface area contributed by atoms with Crippen molar-refractivity contribution in [3.05, 3.63) is 0 Å². The van der Waals surface area contributed by atoms with Gasteiger partial charge in [0.05, 0.1) is 6.61 Å². The Hall–Kier alpha value is -0.530. The van der Waals surface area contributed by atoms with Crippen LogP contribution in [-0.2, 0) is 9.53 Å². The van der Waals surface area contributed by atoms with E-state index in [0.29, 0.717) is 18.9 Å². The molecule has 0 amide bonds. The summed E-state index contributed by atoms with van der Waals surface area (Å²) < 4.78 is 5.35. The summed E-state index contributed by atoms with van der Waals surface area (Å²) in [6.45, 7) is 9.66. The quantitative estimate of drug-likeness (QED) is 0.254. The van der Waals surface area contributed by atoms with Crippen molar-refractivity contribution in [2.45, 2.75) is 105 Å². The molecule has 0 rings (SSSR count). The van der Waals surface area contributed by atoms with Crippen molar-refractivity contribution in [1.82, 2.24) is 0 Å². The highest BCUT2D eigenvalue weighted by molar-refractivity contribution is 5.69. The summed E-state index contributed by atoms with van der Waals surface area (Å²) in [5, 5.41) is 0. The smallest absolute Gasteiger partial charge is 0.305 e. The van der Waals surface area contributed by atoms with Gasteiger partial charge in [-0.3, -0.25) is 4.79 Å². The molecule has 22 heavy (non-hydrogen) atoms. The van der Waals surface area contributed by atoms with E-state index in [1.165, 1.54) is 57.8 Å². The van der Waals surface area contributed by atoms with Crippen LogP contribution in [0.1, 0.15) is 105 Å². The van der Waals surface area contributed by atoms with E-state index in [-0.39, 0.29) is 5.97 Å². The highest BCUT2D eigenvalue weighted by Gasteiger charge is 2.06. The Morgan fingerprint density at radius 3 is 2.09 bits per heavy atom. The van der Waals surface area contributed by atoms with Crippen molar-refractivity contribution in [3.8, 4) is 0 Å². The van der Waals surface area contributed by atoms with Gasteiger partial charge in [-0.25, -0.2) is 0 Å². The summed E-state index contributed by atoms with van der Waals surface area (Å²) in [6.07, 6.45) is 14.2. The average Bonchev–Trinajstić information content (AvgIpc) is 2.46. The van der Waals surface area contributed by atoms with Crippen molar-refractivity contribution in [3.63, 3.8) is 0 Å². The first-order valence-electron chi connectivity index (χ1n) is 9.71. The highest BCUT2D eigenvalue weighted by Crippen LogP contribution is 2.15. The van der Waals surface area contributed by atoms with Gasteiger partial charge < -0.3 is 4.74 Å². The van der Waals surface area contributed by atoms with E-state index >= 15 is 0 Å². The summed E-state index contributed by atoms with van der Waals surface area (Å²) >= 11 is 0. The molecule has 132 valence electrons. The van der Waals surface area contributed by atoms with E-state index in [1.807, 2.05) is 0 Å². The van der Waals surface area contributed by atoms with Gasteiger partial charge >= 0.3 is 5.97 Å². The number of rotatable bonds is 15. The maximum Gasteiger partial charge on any atom is 0.305 e. The number of hydrogen-bond acceptors (Lipinski definition) is 2. The molecule has 0 saturated carbocycles. The predicted octanol–water partition coefficient (Wildman–Crippen LogP) is 6.52. The Balaban J connectivity index is 3.34. The summed E-state index contributed by atoms with van der Waals surface area (Å²) in [6, 6.07) is 0. The number of hydrogen-bond donors (Lipinski definition) is 0. The maximum absolute atomic E-state index is 11.6. The summed E-state index contributed by atoms with van der Waals surface area (Å²) in [4.78, 5) is 11.6. The van der Waals surface area contributed by atoms with Crippen LogP contribution in [0.3, 0.4) is 0 Å². The van der Waals surface area contributed by atoms with Crippen LogP contribution in [-0.4, -0.2) is 12.6 Å². The maximum atomic E-state index is 11.6. The molecule has 0 aliphatic carbocycles. The van der Waals surface area contributed by atoms with E-state index in [9.17, 15) is 4.79 Å². The normalized spacial score (nSPS) is 12.6. The molecule has 0 bridgehead atoms. The second kappa shape index (κ2) is 15.4. The summed E-state index contributed by atoms with van der Waals surface area (Å²) in [5.74, 6) is 1.47. The molecule has 0 spiro atoms. The molecule has 0 fully saturated rings. The Bertz CT molecular complexity index is 248. The standard InChI is InChI=1S/C20H40O2/c1-5-6-7-8-9-10-11-15-20(21)22-17-16-19(4)14-12-13-18(2)3/h18-19H,5-17H2,1-4H3. The lowest BCUT2D eigenvalue weighted by molar-refractivity contribution is -0.144. The molecular weight excluding hydrogens is 272 g/mol. The minimum absolute atomic E-state index is 0.00272. The molecular formula is C20H40O2. The van der Waals surface area contributed by atoms with Crippen LogP contribution in [0.5, 0.6) is 0 Å². The minimum Gasteiger partial charge on any atom is -0.466 e. The molecule has 2 heteroatoms. The lowest BCUT2D eigenvalue weighted by Gasteiger charge is -2.12. The van der Waals surface area contributed by atoms with E-state index in [1.54, 1.807) is 0 Å². The van der Waals surface area contributed by atoms with Crippen LogP contribution in [0, 0.1) is 11.8 Å². The zero-order valence-corrected chi connectivity index (χ0v) is 15.7. The molecule has 0 radical (unpaired) electrons. The lowest BCUT2D eigenvalue weighted by atomic mass is 9.98. The van der Waals surface area contributed by atoms with Crippen LogP contribution < -0.4 is 0 Å². The third kappa shape index (κ3) is 15.9. The van der Waals surface area contributed by atoms with Crippen LogP contribution in [0.15, 0.2) is 0 Å². The topological polar surface area (TPSA) is 26.3 Å². The molecule has 0 aliphatic rings. The largest absolute Gasteiger partial charge is 0.466 e. The Kier molecular flexibility index (Phi) is 15.0. The molecule has 0 heterocycles. The van der Waals surface area contributed by atoms with Crippen molar-refractivity contribution in [1.29, 1.82) is 0 Å². The number of unbranched alkanes of at least 4 members (excludes halogenated alkanes) is 6. The Morgan fingerprint density at radius 2 is 1.45 bits per heavy atom. The first kappa shape index (κ1) is 21.5. The fraction of sp³-hybridized carbons (Fsp3) is 0.950. The highest BCUT2D eigenvalue weighted by atomic mass is 16.5. The van der Waals surface area contributed by atoms with Crippen molar-refractivity contribution in [2.24, 2.45) is 11.8 Å². The fourth-order valence-corrected chi connectivity index (χ4v) is 2.69. The molecule has 1 unspecified atom stereocenters. The van der Waals surface area contributed by atoms with Gasteiger partial charge in [0, 0.05) is 6.42 Å². The van der Waals surface area contributed by atoms with E-state index in [4.69, 9.17) is 4.74 Å². The first-order chi connectivity index (χ1) is 10.6. The third-order valence-electron chi connectivity index (χ3n) is 4.34. The second-order valence-electron chi connectivity index (χ2n) is 7.31. The van der Waals surface area contributed by atoms with Gasteiger partial charge in [0.15, 0.2) is 0 Å². The molecule has 2 nitrogen and oxygen atoms in total. The molecule has 1 atom stereocenters. The van der Waals surface area contributed by atoms with E-state index in [2.05, 4.69) is 27.7 Å². The summed E-state index contributed by atoms with van der Waals surface area (Å²) in [5.41, 5.74) is 0. The van der Waals surface area contributed by atoms with Gasteiger partial charge in [0.25, 0.3) is 0 Å². The Morgan fingerprint density at radius 1 is 0.818 bits per heavy atom. The third-order valence-corrected chi connectivity index (χ3v) is 4.34. The van der Waals surface area contributed by atoms with Crippen molar-refractivity contribution in [2.75, 3.05) is 6.61 Å². The first-order valence-corrected chi connectivity index (χ1v) is 9.71. The molecule has 0 aliphatic heterocycles. The molecule has 0 aromatic carbocycles. The zero-order valence-electron chi connectivity index (χ0n) is 15.7. The van der Waals surface area contributed by atoms with Gasteiger partial charge in [-0.15, -0.1) is 0 Å². The van der Waals surface area contributed by atoms with E-state index in [0.717, 1.165) is 18.8 Å². The zero-order chi connectivity index (χ0) is 16.6. The van der Waals surface area contributed by atoms with Gasteiger partial charge in [-0.2, -0.15) is 0 Å². The lowest BCUT2D eigenvalue weighted by Crippen LogP contribution is -2.08. The number of esters is 1. The van der Waals surface area contributed by atoms with Gasteiger partial charge in [-0.1, -0.05) is 85.5 Å². The van der Waals surface area contributed by atoms with Crippen LogP contribution >= 0.6 is 0 Å². The molecule has 0 aromatic heterocycles. The van der Waals surface area contributed by atoms with Crippen LogP contribution in [0.2, 0.25) is 0 Å². The van der Waals surface area contributed by atoms with Crippen molar-refractivity contribution >= 4 is 5.97 Å². The SMILES string of the molecule is CCCCCCCCCC(=O)OCCC(C)CCCC(C)C. The second-order valence-corrected chi connectivity index (χ2v) is 7.31.